The third-order valence-electron chi connectivity index (χ3n) is 2.89. The van der Waals surface area contributed by atoms with Crippen molar-refractivity contribution in [2.45, 2.75) is 19.4 Å². The topological polar surface area (TPSA) is 63.4 Å². The molecule has 0 spiro atoms. The molecular formula is C12H20N2O2S. The minimum absolute atomic E-state index is 0.123. The summed E-state index contributed by atoms with van der Waals surface area (Å²) >= 11 is 0. The highest BCUT2D eigenvalue weighted by atomic mass is 32.2. The molecule has 1 aromatic carbocycles. The Kier molecular flexibility index (Phi) is 5.11. The van der Waals surface area contributed by atoms with Crippen molar-refractivity contribution in [2.75, 3.05) is 19.3 Å². The highest BCUT2D eigenvalue weighted by Crippen LogP contribution is 2.07. The van der Waals surface area contributed by atoms with E-state index in [4.69, 9.17) is 5.73 Å². The van der Waals surface area contributed by atoms with Crippen LogP contribution in [0, 0.1) is 0 Å². The zero-order chi connectivity index (χ0) is 12.9. The highest BCUT2D eigenvalue weighted by Gasteiger charge is 2.21. The van der Waals surface area contributed by atoms with Crippen molar-refractivity contribution in [1.82, 2.24) is 4.31 Å². The zero-order valence-electron chi connectivity index (χ0n) is 10.3. The van der Waals surface area contributed by atoms with E-state index in [1.165, 1.54) is 4.31 Å². The number of hydrogen-bond donors (Lipinski definition) is 1. The van der Waals surface area contributed by atoms with Gasteiger partial charge in [0, 0.05) is 19.6 Å². The molecule has 5 heteroatoms. The number of hydrogen-bond acceptors (Lipinski definition) is 3. The van der Waals surface area contributed by atoms with E-state index >= 15 is 0 Å². The maximum absolute atomic E-state index is 12.0. The summed E-state index contributed by atoms with van der Waals surface area (Å²) in [6, 6.07) is 9.45. The maximum Gasteiger partial charge on any atom is 0.214 e. The van der Waals surface area contributed by atoms with Crippen LogP contribution in [-0.2, 0) is 16.4 Å². The molecule has 2 N–H and O–H groups in total. The van der Waals surface area contributed by atoms with Crippen LogP contribution in [-0.4, -0.2) is 38.1 Å². The van der Waals surface area contributed by atoms with Crippen molar-refractivity contribution in [3.63, 3.8) is 0 Å². The first-order chi connectivity index (χ1) is 7.97. The fraction of sp³-hybridized carbons (Fsp3) is 0.500. The van der Waals surface area contributed by atoms with E-state index in [9.17, 15) is 8.42 Å². The Balaban J connectivity index is 2.62. The van der Waals surface area contributed by atoms with Crippen LogP contribution in [0.25, 0.3) is 0 Å². The number of nitrogens with two attached hydrogens (primary N) is 1. The second-order valence-corrected chi connectivity index (χ2v) is 6.30. The summed E-state index contributed by atoms with van der Waals surface area (Å²) in [4.78, 5) is 0. The van der Waals surface area contributed by atoms with Crippen molar-refractivity contribution in [1.29, 1.82) is 0 Å². The number of aryl methyl sites for hydroxylation is 1. The first-order valence-corrected chi connectivity index (χ1v) is 7.28. The van der Waals surface area contributed by atoms with Gasteiger partial charge < -0.3 is 5.73 Å². The quantitative estimate of drug-likeness (QED) is 0.820. The molecular weight excluding hydrogens is 236 g/mol. The van der Waals surface area contributed by atoms with E-state index in [0.29, 0.717) is 13.0 Å². The van der Waals surface area contributed by atoms with Crippen molar-refractivity contribution in [3.05, 3.63) is 35.9 Å². The van der Waals surface area contributed by atoms with Crippen LogP contribution in [0.2, 0.25) is 0 Å². The van der Waals surface area contributed by atoms with Gasteiger partial charge in [-0.3, -0.25) is 0 Å². The lowest BCUT2D eigenvalue weighted by atomic mass is 10.2. The molecule has 0 fully saturated rings. The number of rotatable bonds is 6. The monoisotopic (exact) mass is 256 g/mol. The van der Waals surface area contributed by atoms with Gasteiger partial charge in [-0.1, -0.05) is 30.3 Å². The highest BCUT2D eigenvalue weighted by molar-refractivity contribution is 7.89. The smallest absolute Gasteiger partial charge is 0.214 e. The normalized spacial score (nSPS) is 13.9. The average molecular weight is 256 g/mol. The predicted octanol–water partition coefficient (Wildman–Crippen LogP) is 0.838. The van der Waals surface area contributed by atoms with Gasteiger partial charge in [-0.15, -0.1) is 0 Å². The Morgan fingerprint density at radius 3 is 2.41 bits per heavy atom. The van der Waals surface area contributed by atoms with Crippen LogP contribution in [0.15, 0.2) is 30.3 Å². The van der Waals surface area contributed by atoms with Gasteiger partial charge in [0.05, 0.1) is 5.75 Å². The number of sulfonamides is 1. The molecule has 4 nitrogen and oxygen atoms in total. The van der Waals surface area contributed by atoms with Gasteiger partial charge in [0.1, 0.15) is 0 Å². The lowest BCUT2D eigenvalue weighted by Gasteiger charge is -2.22. The van der Waals surface area contributed by atoms with Crippen molar-refractivity contribution < 1.29 is 8.42 Å². The Morgan fingerprint density at radius 2 is 1.88 bits per heavy atom. The summed E-state index contributed by atoms with van der Waals surface area (Å²) < 4.78 is 25.3. The lowest BCUT2D eigenvalue weighted by molar-refractivity contribution is 0.394. The van der Waals surface area contributed by atoms with E-state index in [-0.39, 0.29) is 11.8 Å². The van der Waals surface area contributed by atoms with E-state index < -0.39 is 10.0 Å². The molecule has 0 radical (unpaired) electrons. The van der Waals surface area contributed by atoms with Gasteiger partial charge in [0.2, 0.25) is 10.0 Å². The minimum Gasteiger partial charge on any atom is -0.329 e. The third-order valence-corrected chi connectivity index (χ3v) is 4.85. The fourth-order valence-corrected chi connectivity index (χ4v) is 2.87. The number of likely N-dealkylation sites (N-methyl/N-ethyl adjacent to an activating group) is 1. The van der Waals surface area contributed by atoms with Gasteiger partial charge in [0.15, 0.2) is 0 Å². The standard InChI is InChI=1S/C12H20N2O2S/c1-11(10-13)14(2)17(15,16)9-8-12-6-4-3-5-7-12/h3-7,11H,8-10,13H2,1-2H3. The average Bonchev–Trinajstić information content (AvgIpc) is 2.36. The molecule has 0 aliphatic heterocycles. The molecule has 0 saturated heterocycles. The molecule has 1 atom stereocenters. The van der Waals surface area contributed by atoms with Crippen LogP contribution in [0.3, 0.4) is 0 Å². The second-order valence-electron chi connectivity index (χ2n) is 4.15. The summed E-state index contributed by atoms with van der Waals surface area (Å²) in [5.74, 6) is 0.123. The molecule has 0 bridgehead atoms. The third kappa shape index (κ3) is 4.11. The Hall–Kier alpha value is -0.910. The molecule has 0 aromatic heterocycles. The van der Waals surface area contributed by atoms with Crippen molar-refractivity contribution in [3.8, 4) is 0 Å². The first-order valence-electron chi connectivity index (χ1n) is 5.67. The molecule has 96 valence electrons. The second kappa shape index (κ2) is 6.14. The summed E-state index contributed by atoms with van der Waals surface area (Å²) in [5.41, 5.74) is 6.50. The van der Waals surface area contributed by atoms with E-state index in [1.807, 2.05) is 30.3 Å². The summed E-state index contributed by atoms with van der Waals surface area (Å²) in [5, 5.41) is 0. The van der Waals surface area contributed by atoms with Crippen molar-refractivity contribution >= 4 is 10.0 Å². The van der Waals surface area contributed by atoms with Crippen LogP contribution in [0.1, 0.15) is 12.5 Å². The summed E-state index contributed by atoms with van der Waals surface area (Å²) in [6.07, 6.45) is 0.533. The van der Waals surface area contributed by atoms with Crippen LogP contribution in [0.4, 0.5) is 0 Å². The molecule has 0 heterocycles. The van der Waals surface area contributed by atoms with Gasteiger partial charge in [-0.2, -0.15) is 0 Å². The van der Waals surface area contributed by atoms with E-state index in [2.05, 4.69) is 0 Å². The predicted molar refractivity (Wildman–Crippen MR) is 70.2 cm³/mol. The van der Waals surface area contributed by atoms with Crippen LogP contribution in [0.5, 0.6) is 0 Å². The Morgan fingerprint density at radius 1 is 1.29 bits per heavy atom. The fourth-order valence-electron chi connectivity index (χ4n) is 1.46. The van der Waals surface area contributed by atoms with Gasteiger partial charge in [-0.05, 0) is 18.9 Å². The molecule has 1 rings (SSSR count). The van der Waals surface area contributed by atoms with Crippen LogP contribution < -0.4 is 5.73 Å². The summed E-state index contributed by atoms with van der Waals surface area (Å²) in [7, 11) is -1.64. The molecule has 0 saturated carbocycles. The first kappa shape index (κ1) is 14.2. The molecule has 17 heavy (non-hydrogen) atoms. The molecule has 1 aromatic rings. The molecule has 0 aliphatic carbocycles. The molecule has 0 aliphatic rings. The lowest BCUT2D eigenvalue weighted by Crippen LogP contribution is -2.41. The minimum atomic E-state index is -3.22. The van der Waals surface area contributed by atoms with Crippen molar-refractivity contribution in [2.24, 2.45) is 5.73 Å². The molecule has 1 unspecified atom stereocenters. The van der Waals surface area contributed by atoms with Gasteiger partial charge >= 0.3 is 0 Å². The largest absolute Gasteiger partial charge is 0.329 e. The van der Waals surface area contributed by atoms with Crippen LogP contribution >= 0.6 is 0 Å². The number of nitrogens with zero attached hydrogens (tertiary/aromatic N) is 1. The van der Waals surface area contributed by atoms with E-state index in [1.54, 1.807) is 14.0 Å². The summed E-state index contributed by atoms with van der Waals surface area (Å²) in [6.45, 7) is 2.14. The van der Waals surface area contributed by atoms with Gasteiger partial charge in [-0.25, -0.2) is 12.7 Å². The Bertz CT molecular complexity index is 431. The molecule has 0 amide bonds. The Labute approximate surface area is 103 Å². The zero-order valence-corrected chi connectivity index (χ0v) is 11.2. The van der Waals surface area contributed by atoms with E-state index in [0.717, 1.165) is 5.56 Å². The number of benzene rings is 1. The maximum atomic E-state index is 12.0. The van der Waals surface area contributed by atoms with Gasteiger partial charge in [0.25, 0.3) is 0 Å². The SMILES string of the molecule is CC(CN)N(C)S(=O)(=O)CCc1ccccc1.